The smallest absolute Gasteiger partial charge is 0.271 e. The van der Waals surface area contributed by atoms with Crippen LogP contribution in [0.15, 0.2) is 29.6 Å². The zero-order valence-electron chi connectivity index (χ0n) is 14.5. The molecule has 0 radical (unpaired) electrons. The number of benzene rings is 1. The Morgan fingerprint density at radius 2 is 2.08 bits per heavy atom. The number of nitrogens with one attached hydrogen (secondary N) is 3. The molecule has 0 saturated heterocycles. The average Bonchev–Trinajstić information content (AvgIpc) is 3.08. The Balaban J connectivity index is 1.92. The van der Waals surface area contributed by atoms with Crippen molar-refractivity contribution >= 4 is 34.0 Å². The van der Waals surface area contributed by atoms with Gasteiger partial charge >= 0.3 is 0 Å². The fraction of sp³-hybridized carbons (Fsp3) is 0.353. The molecule has 0 fully saturated rings. The van der Waals surface area contributed by atoms with Gasteiger partial charge in [0.25, 0.3) is 5.91 Å². The number of para-hydroxylation sites is 2. The van der Waals surface area contributed by atoms with Crippen molar-refractivity contribution in [2.75, 3.05) is 19.0 Å². The second kappa shape index (κ2) is 9.03. The number of ether oxygens (including phenoxy) is 1. The molecule has 0 saturated carbocycles. The number of carbonyl (C=O) groups excluding carboxylic acids is 2. The Kier molecular flexibility index (Phi) is 6.76. The molecule has 0 spiro atoms. The van der Waals surface area contributed by atoms with Crippen LogP contribution in [0.5, 0.6) is 5.75 Å². The largest absolute Gasteiger partial charge is 0.495 e. The highest BCUT2D eigenvalue weighted by atomic mass is 32.1. The van der Waals surface area contributed by atoms with Crippen molar-refractivity contribution in [3.05, 3.63) is 35.3 Å². The molecule has 7 nitrogen and oxygen atoms in total. The van der Waals surface area contributed by atoms with Crippen LogP contribution >= 0.6 is 11.3 Å². The number of amides is 2. The van der Waals surface area contributed by atoms with E-state index >= 15 is 0 Å². The van der Waals surface area contributed by atoms with Crippen LogP contribution in [0.25, 0.3) is 0 Å². The van der Waals surface area contributed by atoms with Gasteiger partial charge < -0.3 is 20.7 Å². The number of thiazole rings is 1. The molecule has 1 aromatic carbocycles. The molecule has 1 atom stereocenters. The lowest BCUT2D eigenvalue weighted by Crippen LogP contribution is -2.40. The number of carbonyl (C=O) groups is 2. The Morgan fingerprint density at radius 1 is 1.32 bits per heavy atom. The highest BCUT2D eigenvalue weighted by Gasteiger charge is 2.13. The van der Waals surface area contributed by atoms with E-state index in [0.717, 1.165) is 12.1 Å². The molecular formula is C17H22N4O3S. The van der Waals surface area contributed by atoms with Crippen molar-refractivity contribution in [1.29, 1.82) is 0 Å². The van der Waals surface area contributed by atoms with Crippen LogP contribution in [0.2, 0.25) is 0 Å². The molecule has 2 aromatic rings. The van der Waals surface area contributed by atoms with Gasteiger partial charge in [-0.15, -0.1) is 11.3 Å². The van der Waals surface area contributed by atoms with Crippen molar-refractivity contribution in [3.8, 4) is 5.75 Å². The Bertz CT molecular complexity index is 732. The summed E-state index contributed by atoms with van der Waals surface area (Å²) < 4.78 is 5.27. The number of anilines is 2. The van der Waals surface area contributed by atoms with Crippen molar-refractivity contribution in [2.45, 2.75) is 26.3 Å². The molecule has 1 heterocycles. The van der Waals surface area contributed by atoms with Crippen LogP contribution in [0.4, 0.5) is 10.8 Å². The van der Waals surface area contributed by atoms with Gasteiger partial charge in [0.05, 0.1) is 19.3 Å². The average molecular weight is 362 g/mol. The second-order valence-corrected chi connectivity index (χ2v) is 6.28. The van der Waals surface area contributed by atoms with Gasteiger partial charge in [-0.3, -0.25) is 9.59 Å². The number of hydrogen-bond acceptors (Lipinski definition) is 6. The van der Waals surface area contributed by atoms with Gasteiger partial charge in [0.2, 0.25) is 5.91 Å². The van der Waals surface area contributed by atoms with Gasteiger partial charge in [0.1, 0.15) is 11.4 Å². The standard InChI is InChI=1S/C17H22N4O3S/c1-4-11(2)19-15(22)9-18-16(23)13-10-25-17(21-13)20-12-7-5-6-8-14(12)24-3/h5-8,10-11H,4,9H2,1-3H3,(H,18,23)(H,19,22)(H,20,21). The molecular weight excluding hydrogens is 340 g/mol. The third kappa shape index (κ3) is 5.46. The molecule has 0 aliphatic carbocycles. The SMILES string of the molecule is CCC(C)NC(=O)CNC(=O)c1csc(Nc2ccccc2OC)n1. The van der Waals surface area contributed by atoms with Crippen LogP contribution in [0, 0.1) is 0 Å². The maximum Gasteiger partial charge on any atom is 0.271 e. The molecule has 25 heavy (non-hydrogen) atoms. The second-order valence-electron chi connectivity index (χ2n) is 5.42. The summed E-state index contributed by atoms with van der Waals surface area (Å²) in [6.45, 7) is 3.82. The lowest BCUT2D eigenvalue weighted by Gasteiger charge is -2.11. The van der Waals surface area contributed by atoms with Crippen LogP contribution in [-0.2, 0) is 4.79 Å². The third-order valence-corrected chi connectivity index (χ3v) is 4.27. The minimum atomic E-state index is -0.386. The predicted octanol–water partition coefficient (Wildman–Crippen LogP) is 2.54. The number of methoxy groups -OCH3 is 1. The highest BCUT2D eigenvalue weighted by molar-refractivity contribution is 7.14. The summed E-state index contributed by atoms with van der Waals surface area (Å²) in [5.41, 5.74) is 1.03. The predicted molar refractivity (Wildman–Crippen MR) is 98.6 cm³/mol. The summed E-state index contributed by atoms with van der Waals surface area (Å²) in [5.74, 6) is 0.0827. The zero-order valence-corrected chi connectivity index (χ0v) is 15.3. The quantitative estimate of drug-likeness (QED) is 0.671. The van der Waals surface area contributed by atoms with Crippen molar-refractivity contribution < 1.29 is 14.3 Å². The van der Waals surface area contributed by atoms with E-state index in [1.54, 1.807) is 12.5 Å². The van der Waals surface area contributed by atoms with Crippen LogP contribution in [0.3, 0.4) is 0 Å². The molecule has 3 N–H and O–H groups in total. The van der Waals surface area contributed by atoms with E-state index in [9.17, 15) is 9.59 Å². The van der Waals surface area contributed by atoms with Gasteiger partial charge in [-0.2, -0.15) is 0 Å². The van der Waals surface area contributed by atoms with Crippen LogP contribution in [0.1, 0.15) is 30.8 Å². The summed E-state index contributed by atoms with van der Waals surface area (Å²) in [5, 5.41) is 10.7. The van der Waals surface area contributed by atoms with Crippen LogP contribution in [-0.4, -0.2) is 36.5 Å². The third-order valence-electron chi connectivity index (χ3n) is 3.51. The van der Waals surface area contributed by atoms with Gasteiger partial charge in [-0.05, 0) is 25.5 Å². The van der Waals surface area contributed by atoms with Gasteiger partial charge in [0, 0.05) is 11.4 Å². The first-order chi connectivity index (χ1) is 12.0. The van der Waals surface area contributed by atoms with Crippen molar-refractivity contribution in [1.82, 2.24) is 15.6 Å². The van der Waals surface area contributed by atoms with Gasteiger partial charge in [-0.25, -0.2) is 4.98 Å². The summed E-state index contributed by atoms with van der Waals surface area (Å²) in [6.07, 6.45) is 0.837. The van der Waals surface area contributed by atoms with E-state index in [1.807, 2.05) is 38.1 Å². The molecule has 2 rings (SSSR count). The maximum atomic E-state index is 12.1. The Morgan fingerprint density at radius 3 is 2.80 bits per heavy atom. The number of rotatable bonds is 8. The minimum absolute atomic E-state index is 0.0734. The molecule has 2 amide bonds. The van der Waals surface area contributed by atoms with Crippen molar-refractivity contribution in [2.24, 2.45) is 0 Å². The fourth-order valence-electron chi connectivity index (χ4n) is 1.98. The monoisotopic (exact) mass is 362 g/mol. The lowest BCUT2D eigenvalue weighted by atomic mass is 10.2. The van der Waals surface area contributed by atoms with E-state index in [0.29, 0.717) is 10.9 Å². The summed E-state index contributed by atoms with van der Waals surface area (Å²) in [4.78, 5) is 28.0. The lowest BCUT2D eigenvalue weighted by molar-refractivity contribution is -0.120. The van der Waals surface area contributed by atoms with Crippen molar-refractivity contribution in [3.63, 3.8) is 0 Å². The van der Waals surface area contributed by atoms with Crippen LogP contribution < -0.4 is 20.7 Å². The molecule has 134 valence electrons. The van der Waals surface area contributed by atoms with E-state index in [4.69, 9.17) is 4.74 Å². The molecule has 0 aliphatic rings. The maximum absolute atomic E-state index is 12.1. The molecule has 0 bridgehead atoms. The van der Waals surface area contributed by atoms with E-state index < -0.39 is 0 Å². The number of nitrogens with zero attached hydrogens (tertiary/aromatic N) is 1. The van der Waals surface area contributed by atoms with E-state index in [-0.39, 0.29) is 30.1 Å². The number of hydrogen-bond donors (Lipinski definition) is 3. The van der Waals surface area contributed by atoms with E-state index in [1.165, 1.54) is 11.3 Å². The molecule has 1 aromatic heterocycles. The number of aromatic nitrogens is 1. The first-order valence-electron chi connectivity index (χ1n) is 7.96. The first-order valence-corrected chi connectivity index (χ1v) is 8.84. The molecule has 0 aliphatic heterocycles. The normalized spacial score (nSPS) is 11.5. The fourth-order valence-corrected chi connectivity index (χ4v) is 2.68. The topological polar surface area (TPSA) is 92.4 Å². The highest BCUT2D eigenvalue weighted by Crippen LogP contribution is 2.28. The summed E-state index contributed by atoms with van der Waals surface area (Å²) in [7, 11) is 1.59. The minimum Gasteiger partial charge on any atom is -0.495 e. The van der Waals surface area contributed by atoms with Gasteiger partial charge in [-0.1, -0.05) is 19.1 Å². The first kappa shape index (κ1) is 18.7. The van der Waals surface area contributed by atoms with E-state index in [2.05, 4.69) is 20.9 Å². The summed E-state index contributed by atoms with van der Waals surface area (Å²) in [6, 6.07) is 7.52. The Labute approximate surface area is 150 Å². The molecule has 1 unspecified atom stereocenters. The van der Waals surface area contributed by atoms with Gasteiger partial charge in [0.15, 0.2) is 5.13 Å². The zero-order chi connectivity index (χ0) is 18.2. The Hall–Kier alpha value is -2.61. The summed E-state index contributed by atoms with van der Waals surface area (Å²) >= 11 is 1.30. The molecule has 8 heteroatoms.